The lowest BCUT2D eigenvalue weighted by Gasteiger charge is -2.47. The number of rotatable bonds is 11. The Morgan fingerprint density at radius 3 is 2.43 bits per heavy atom. The molecule has 0 radical (unpaired) electrons. The van der Waals surface area contributed by atoms with Gasteiger partial charge in [-0.3, -0.25) is 13.9 Å². The van der Waals surface area contributed by atoms with Crippen LogP contribution in [-0.2, 0) is 22.7 Å². The fourth-order valence-corrected chi connectivity index (χ4v) is 9.37. The van der Waals surface area contributed by atoms with Crippen LogP contribution in [0, 0.1) is 0 Å². The van der Waals surface area contributed by atoms with Gasteiger partial charge in [-0.1, -0.05) is 78.0 Å². The first-order valence-electron chi connectivity index (χ1n) is 14.6. The van der Waals surface area contributed by atoms with Crippen molar-refractivity contribution in [1.29, 1.82) is 0 Å². The molecule has 2 amide bonds. The van der Waals surface area contributed by atoms with Gasteiger partial charge in [-0.15, -0.1) is 10.8 Å². The van der Waals surface area contributed by atoms with Gasteiger partial charge in [0.2, 0.25) is 5.91 Å². The van der Waals surface area contributed by atoms with Crippen LogP contribution in [0.5, 0.6) is 0 Å². The second-order valence-electron chi connectivity index (χ2n) is 13.3. The minimum atomic E-state index is -3.42. The Kier molecular flexibility index (Phi) is 10.4. The van der Waals surface area contributed by atoms with Crippen molar-refractivity contribution in [3.8, 4) is 11.3 Å². The number of aromatic nitrogens is 2. The first-order valence-corrected chi connectivity index (χ1v) is 20.6. The van der Waals surface area contributed by atoms with Crippen molar-refractivity contribution in [2.75, 3.05) is 6.61 Å². The Hall–Kier alpha value is -2.68. The number of carbonyl (C=O) groups excluding carboxylic acids is 1. The molecule has 2 aromatic carbocycles. The minimum absolute atomic E-state index is 0.0157. The van der Waals surface area contributed by atoms with Crippen molar-refractivity contribution >= 4 is 46.8 Å². The zero-order valence-electron chi connectivity index (χ0n) is 26.1. The summed E-state index contributed by atoms with van der Waals surface area (Å²) < 4.78 is 32.1. The number of ether oxygens (including phenoxy) is 1. The van der Waals surface area contributed by atoms with Gasteiger partial charge in [0.15, 0.2) is 0 Å². The number of carbonyl (C=O) groups is 2. The first-order chi connectivity index (χ1) is 20.5. The number of nitrogens with one attached hydrogen (secondary N) is 1. The van der Waals surface area contributed by atoms with Crippen LogP contribution in [0.4, 0.5) is 4.79 Å². The lowest BCUT2D eigenvalue weighted by Crippen LogP contribution is -2.43. The Morgan fingerprint density at radius 1 is 1.18 bits per heavy atom. The van der Waals surface area contributed by atoms with Crippen molar-refractivity contribution in [3.63, 3.8) is 0 Å². The van der Waals surface area contributed by atoms with Gasteiger partial charge in [0.25, 0.3) is 0 Å². The van der Waals surface area contributed by atoms with Gasteiger partial charge in [-0.2, -0.15) is 0 Å². The van der Waals surface area contributed by atoms with Gasteiger partial charge in [-0.05, 0) is 49.6 Å². The molecule has 2 heterocycles. The molecule has 10 nitrogen and oxygen atoms in total. The third-order valence-electron chi connectivity index (χ3n) is 7.48. The number of hydrogen-bond acceptors (Lipinski definition) is 6. The largest absolute Gasteiger partial charge is 0.465 e. The van der Waals surface area contributed by atoms with Crippen LogP contribution >= 0.6 is 26.7 Å². The van der Waals surface area contributed by atoms with Crippen molar-refractivity contribution in [2.24, 2.45) is 0 Å². The monoisotopic (exact) mass is 706 g/mol. The summed E-state index contributed by atoms with van der Waals surface area (Å²) >= 11 is 3.59. The van der Waals surface area contributed by atoms with E-state index in [0.29, 0.717) is 22.5 Å². The number of imidazole rings is 1. The predicted molar refractivity (Wildman–Crippen MR) is 180 cm³/mol. The van der Waals surface area contributed by atoms with Crippen LogP contribution in [0.1, 0.15) is 55.4 Å². The molecular weight excluding hydrogens is 664 g/mol. The van der Waals surface area contributed by atoms with E-state index in [9.17, 15) is 23.8 Å². The van der Waals surface area contributed by atoms with E-state index in [1.54, 1.807) is 33.0 Å². The van der Waals surface area contributed by atoms with Crippen molar-refractivity contribution < 1.29 is 28.5 Å². The summed E-state index contributed by atoms with van der Waals surface area (Å²) in [5.74, 6) is 0.216. The normalized spacial score (nSPS) is 18.3. The average molecular weight is 708 g/mol. The first kappa shape index (κ1) is 34.2. The van der Waals surface area contributed by atoms with E-state index in [1.165, 1.54) is 4.31 Å². The topological polar surface area (TPSA) is 137 Å². The molecule has 0 aliphatic carbocycles. The van der Waals surface area contributed by atoms with Gasteiger partial charge in [0.1, 0.15) is 17.8 Å². The molecule has 1 aliphatic rings. The van der Waals surface area contributed by atoms with Crippen LogP contribution in [0.3, 0.4) is 0 Å². The third-order valence-corrected chi connectivity index (χ3v) is 12.3. The number of amides is 2. The van der Waals surface area contributed by atoms with E-state index in [4.69, 9.17) is 4.74 Å². The van der Waals surface area contributed by atoms with Crippen molar-refractivity contribution in [3.05, 3.63) is 76.2 Å². The van der Waals surface area contributed by atoms with Crippen LogP contribution < -0.4 is 5.32 Å². The van der Waals surface area contributed by atoms with Crippen LogP contribution in [0.15, 0.2) is 59.2 Å². The smallest absolute Gasteiger partial charge is 0.405 e. The standard InChI is InChI=1S/C31H43BrN4O6SSi/c1-31(2,3)36-28(37)18-27(43(36,40)41)23-13-12-21(16-24(23)32)17-25(34-30(38)39)29-33-19-26(22-10-8-7-9-11-22)35(29)20-42-14-15-44(4,5)6/h7-13,16,19,25,27,34,40-41H,14-15,17-18,20H2,1-6H3,(H,38,39)/t25-,27?/m0/s1. The molecule has 1 fully saturated rings. The lowest BCUT2D eigenvalue weighted by molar-refractivity contribution is -0.128. The molecule has 4 rings (SSSR count). The Morgan fingerprint density at radius 2 is 1.86 bits per heavy atom. The molecule has 0 saturated carbocycles. The highest BCUT2D eigenvalue weighted by molar-refractivity contribution is 9.10. The second kappa shape index (κ2) is 13.4. The van der Waals surface area contributed by atoms with Gasteiger partial charge in [0.05, 0.1) is 29.9 Å². The maximum atomic E-state index is 12.8. The molecule has 13 heteroatoms. The summed E-state index contributed by atoms with van der Waals surface area (Å²) in [7, 11) is -4.72. The number of halogens is 1. The molecule has 240 valence electrons. The Labute approximate surface area is 270 Å². The van der Waals surface area contributed by atoms with E-state index < -0.39 is 41.8 Å². The molecule has 44 heavy (non-hydrogen) atoms. The Bertz CT molecular complexity index is 1490. The van der Waals surface area contributed by atoms with Crippen LogP contribution in [-0.4, -0.2) is 60.3 Å². The molecule has 3 aromatic rings. The summed E-state index contributed by atoms with van der Waals surface area (Å²) in [5, 5.41) is 11.6. The molecule has 1 unspecified atom stereocenters. The molecule has 1 saturated heterocycles. The summed E-state index contributed by atoms with van der Waals surface area (Å²) in [4.78, 5) is 29.5. The average Bonchev–Trinajstić information content (AvgIpc) is 3.43. The van der Waals surface area contributed by atoms with E-state index >= 15 is 0 Å². The highest BCUT2D eigenvalue weighted by Crippen LogP contribution is 2.66. The second-order valence-corrected chi connectivity index (χ2v) is 21.9. The van der Waals surface area contributed by atoms with Gasteiger partial charge < -0.3 is 19.7 Å². The maximum Gasteiger partial charge on any atom is 0.405 e. The van der Waals surface area contributed by atoms with E-state index in [1.807, 2.05) is 47.0 Å². The van der Waals surface area contributed by atoms with Gasteiger partial charge >= 0.3 is 6.09 Å². The molecule has 1 aromatic heterocycles. The number of benzene rings is 2. The minimum Gasteiger partial charge on any atom is -0.465 e. The number of hydrogen-bond donors (Lipinski definition) is 4. The summed E-state index contributed by atoms with van der Waals surface area (Å²) in [5.41, 5.74) is 2.42. The summed E-state index contributed by atoms with van der Waals surface area (Å²) in [6.45, 7) is 13.0. The highest BCUT2D eigenvalue weighted by Gasteiger charge is 2.50. The quantitative estimate of drug-likeness (QED) is 0.117. The maximum absolute atomic E-state index is 12.8. The highest BCUT2D eigenvalue weighted by atomic mass is 79.9. The summed E-state index contributed by atoms with van der Waals surface area (Å²) in [6, 6.07) is 15.5. The molecule has 0 spiro atoms. The van der Waals surface area contributed by atoms with Gasteiger partial charge in [-0.25, -0.2) is 14.1 Å². The van der Waals surface area contributed by atoms with E-state index in [0.717, 1.165) is 22.9 Å². The zero-order chi connectivity index (χ0) is 32.4. The van der Waals surface area contributed by atoms with E-state index in [-0.39, 0.29) is 25.5 Å². The molecule has 2 atom stereocenters. The van der Waals surface area contributed by atoms with Crippen LogP contribution in [0.2, 0.25) is 25.7 Å². The van der Waals surface area contributed by atoms with Crippen LogP contribution in [0.25, 0.3) is 11.3 Å². The molecule has 4 N–H and O–H groups in total. The number of nitrogens with zero attached hydrogens (tertiary/aromatic N) is 3. The van der Waals surface area contributed by atoms with Gasteiger partial charge in [0, 0.05) is 25.6 Å². The molecular formula is C31H43BrN4O6SSi. The molecule has 0 bridgehead atoms. The lowest BCUT2D eigenvalue weighted by atomic mass is 10.0. The SMILES string of the molecule is CC(C)(C)N1C(=O)CC(c2ccc(C[C@H](NC(=O)O)c3ncc(-c4ccccc4)n3COCC[Si](C)(C)C)cc2Br)S1(O)O. The number of carboxylic acid groups (broad SMARTS) is 1. The molecule has 1 aliphatic heterocycles. The summed E-state index contributed by atoms with van der Waals surface area (Å²) in [6.07, 6.45) is 0.824. The van der Waals surface area contributed by atoms with Crippen molar-refractivity contribution in [2.45, 2.75) is 82.9 Å². The third kappa shape index (κ3) is 7.93. The fourth-order valence-electron chi connectivity index (χ4n) is 5.42. The van der Waals surface area contributed by atoms with Crippen molar-refractivity contribution in [1.82, 2.24) is 19.2 Å². The zero-order valence-corrected chi connectivity index (χ0v) is 29.5. The van der Waals surface area contributed by atoms with E-state index in [2.05, 4.69) is 45.9 Å². The predicted octanol–water partition coefficient (Wildman–Crippen LogP) is 7.91. The Balaban J connectivity index is 1.64. The fraction of sp³-hybridized carbons (Fsp3) is 0.452.